The summed E-state index contributed by atoms with van der Waals surface area (Å²) in [5.74, 6) is 0.649. The van der Waals surface area contributed by atoms with E-state index in [0.29, 0.717) is 5.92 Å². The fourth-order valence-corrected chi connectivity index (χ4v) is 2.64. The number of rotatable bonds is 0. The van der Waals surface area contributed by atoms with Crippen molar-refractivity contribution in [3.05, 3.63) is 32.7 Å². The highest BCUT2D eigenvalue weighted by Crippen LogP contribution is 2.59. The van der Waals surface area contributed by atoms with Crippen molar-refractivity contribution in [3.63, 3.8) is 0 Å². The minimum atomic E-state index is -0.235. The molecule has 0 N–H and O–H groups in total. The van der Waals surface area contributed by atoms with Crippen LogP contribution in [0.3, 0.4) is 0 Å². The Labute approximate surface area is 87.9 Å². The number of aryl methyl sites for hydroxylation is 1. The summed E-state index contributed by atoms with van der Waals surface area (Å²) < 4.78 is 5.33. The van der Waals surface area contributed by atoms with E-state index in [2.05, 4.69) is 19.9 Å². The Bertz CT molecular complexity index is 621. The van der Waals surface area contributed by atoms with Crippen LogP contribution in [-0.4, -0.2) is 0 Å². The lowest BCUT2D eigenvalue weighted by atomic mass is 9.92. The maximum absolute atomic E-state index is 11.3. The molecule has 1 saturated carbocycles. The summed E-state index contributed by atoms with van der Waals surface area (Å²) in [5.41, 5.74) is 3.12. The molecule has 2 aliphatic rings. The Morgan fingerprint density at radius 3 is 2.93 bits per heavy atom. The third-order valence-electron chi connectivity index (χ3n) is 4.07. The van der Waals surface area contributed by atoms with Gasteiger partial charge in [-0.3, -0.25) is 0 Å². The maximum atomic E-state index is 11.3. The smallest absolute Gasteiger partial charge is 0.336 e. The van der Waals surface area contributed by atoms with Gasteiger partial charge in [0.05, 0.1) is 0 Å². The Balaban J connectivity index is 2.53. The fourth-order valence-electron chi connectivity index (χ4n) is 2.64. The molecule has 0 spiro atoms. The Morgan fingerprint density at radius 1 is 1.47 bits per heavy atom. The zero-order valence-corrected chi connectivity index (χ0v) is 9.26. The molecule has 2 unspecified atom stereocenters. The molecule has 2 nitrogen and oxygen atoms in total. The molecule has 0 radical (unpaired) electrons. The van der Waals surface area contributed by atoms with Crippen molar-refractivity contribution in [3.8, 4) is 0 Å². The molecule has 2 atom stereocenters. The molecule has 2 aliphatic carbocycles. The number of hydrogen-bond donors (Lipinski definition) is 0. The molecule has 1 aromatic heterocycles. The average Bonchev–Trinajstić information content (AvgIpc) is 2.81. The van der Waals surface area contributed by atoms with Crippen LogP contribution in [0.2, 0.25) is 0 Å². The van der Waals surface area contributed by atoms with Crippen LogP contribution in [-0.2, 0) is 0 Å². The Morgan fingerprint density at radius 2 is 2.20 bits per heavy atom. The van der Waals surface area contributed by atoms with Gasteiger partial charge in [-0.1, -0.05) is 13.0 Å². The first kappa shape index (κ1) is 8.96. The van der Waals surface area contributed by atoms with Crippen LogP contribution in [0.4, 0.5) is 0 Å². The zero-order valence-electron chi connectivity index (χ0n) is 9.26. The highest BCUT2D eigenvalue weighted by atomic mass is 16.4. The van der Waals surface area contributed by atoms with Crippen molar-refractivity contribution in [2.24, 2.45) is 11.3 Å². The summed E-state index contributed by atoms with van der Waals surface area (Å²) >= 11 is 0. The first-order chi connectivity index (χ1) is 7.02. The fraction of sp³-hybridized carbons (Fsp3) is 0.462. The normalized spacial score (nSPS) is 31.7. The van der Waals surface area contributed by atoms with Crippen LogP contribution in [0, 0.1) is 18.3 Å². The highest BCUT2D eigenvalue weighted by molar-refractivity contribution is 5.62. The van der Waals surface area contributed by atoms with E-state index < -0.39 is 0 Å². The number of hydrogen-bond acceptors (Lipinski definition) is 2. The standard InChI is InChI=1S/C13H14O2/c1-7-4-11(14)15-12-8(2)13(3)6-9(13)5-10(7)12/h4-5,9H,6H2,1-3H3. The highest BCUT2D eigenvalue weighted by Gasteiger charge is 2.51. The van der Waals surface area contributed by atoms with Gasteiger partial charge < -0.3 is 4.42 Å². The van der Waals surface area contributed by atoms with Gasteiger partial charge in [0.1, 0.15) is 5.42 Å². The summed E-state index contributed by atoms with van der Waals surface area (Å²) in [7, 11) is 0. The molecule has 0 aromatic carbocycles. The molecule has 3 rings (SSSR count). The van der Waals surface area contributed by atoms with Gasteiger partial charge in [0.15, 0.2) is 0 Å². The molecule has 0 aliphatic heterocycles. The van der Waals surface area contributed by atoms with Crippen molar-refractivity contribution in [1.82, 2.24) is 0 Å². The lowest BCUT2D eigenvalue weighted by molar-refractivity contribution is 0.458. The molecule has 1 fully saturated rings. The van der Waals surface area contributed by atoms with E-state index in [1.165, 1.54) is 12.0 Å². The van der Waals surface area contributed by atoms with Gasteiger partial charge in [-0.25, -0.2) is 4.79 Å². The van der Waals surface area contributed by atoms with Crippen molar-refractivity contribution in [2.75, 3.05) is 0 Å². The largest absolute Gasteiger partial charge is 0.423 e. The minimum Gasteiger partial charge on any atom is -0.423 e. The van der Waals surface area contributed by atoms with Crippen LogP contribution < -0.4 is 16.3 Å². The van der Waals surface area contributed by atoms with E-state index in [-0.39, 0.29) is 11.0 Å². The molecule has 1 aromatic rings. The van der Waals surface area contributed by atoms with Crippen LogP contribution in [0.25, 0.3) is 11.6 Å². The summed E-state index contributed by atoms with van der Waals surface area (Å²) in [6.45, 7) is 6.31. The monoisotopic (exact) mass is 202 g/mol. The van der Waals surface area contributed by atoms with Crippen molar-refractivity contribution in [1.29, 1.82) is 0 Å². The Hall–Kier alpha value is -1.31. The molecule has 0 saturated heterocycles. The summed E-state index contributed by atoms with van der Waals surface area (Å²) in [6, 6.07) is 1.58. The first-order valence-electron chi connectivity index (χ1n) is 5.36. The van der Waals surface area contributed by atoms with Crippen LogP contribution in [0.15, 0.2) is 15.3 Å². The van der Waals surface area contributed by atoms with Crippen molar-refractivity contribution >= 4 is 11.6 Å². The van der Waals surface area contributed by atoms with Crippen LogP contribution in [0.1, 0.15) is 25.8 Å². The quantitative estimate of drug-likeness (QED) is 0.626. The average molecular weight is 202 g/mol. The second-order valence-corrected chi connectivity index (χ2v) is 5.01. The van der Waals surface area contributed by atoms with Crippen LogP contribution in [0.5, 0.6) is 0 Å². The van der Waals surface area contributed by atoms with E-state index in [1.54, 1.807) is 6.07 Å². The van der Waals surface area contributed by atoms with Crippen molar-refractivity contribution in [2.45, 2.75) is 27.2 Å². The van der Waals surface area contributed by atoms with E-state index in [9.17, 15) is 4.79 Å². The molecular formula is C13H14O2. The minimum absolute atomic E-state index is 0.235. The second kappa shape index (κ2) is 2.43. The first-order valence-corrected chi connectivity index (χ1v) is 5.36. The van der Waals surface area contributed by atoms with E-state index >= 15 is 0 Å². The molecule has 0 bridgehead atoms. The summed E-state index contributed by atoms with van der Waals surface area (Å²) in [6.07, 6.45) is 3.46. The van der Waals surface area contributed by atoms with Gasteiger partial charge in [-0.15, -0.1) is 0 Å². The molecule has 2 heteroatoms. The zero-order chi connectivity index (χ0) is 10.8. The third kappa shape index (κ3) is 1.02. The molecule has 1 heterocycles. The maximum Gasteiger partial charge on any atom is 0.336 e. The van der Waals surface area contributed by atoms with Gasteiger partial charge >= 0.3 is 5.63 Å². The molecule has 0 amide bonds. The van der Waals surface area contributed by atoms with Crippen molar-refractivity contribution < 1.29 is 4.42 Å². The lowest BCUT2D eigenvalue weighted by Gasteiger charge is -2.14. The SMILES string of the molecule is CC1=c2oc(=O)cc(C)c2=CC2CC12C. The molecule has 15 heavy (non-hydrogen) atoms. The summed E-state index contributed by atoms with van der Waals surface area (Å²) in [4.78, 5) is 11.3. The molecule has 78 valence electrons. The second-order valence-electron chi connectivity index (χ2n) is 5.01. The lowest BCUT2D eigenvalue weighted by Crippen LogP contribution is -2.37. The van der Waals surface area contributed by atoms with E-state index in [4.69, 9.17) is 4.42 Å². The molecular weight excluding hydrogens is 188 g/mol. The van der Waals surface area contributed by atoms with E-state index in [0.717, 1.165) is 16.2 Å². The van der Waals surface area contributed by atoms with Gasteiger partial charge in [0, 0.05) is 11.3 Å². The third-order valence-corrected chi connectivity index (χ3v) is 4.07. The van der Waals surface area contributed by atoms with Gasteiger partial charge in [0.25, 0.3) is 0 Å². The van der Waals surface area contributed by atoms with Crippen LogP contribution >= 0.6 is 0 Å². The topological polar surface area (TPSA) is 30.2 Å². The van der Waals surface area contributed by atoms with Gasteiger partial charge in [-0.2, -0.15) is 0 Å². The van der Waals surface area contributed by atoms with Gasteiger partial charge in [0.2, 0.25) is 0 Å². The summed E-state index contributed by atoms with van der Waals surface area (Å²) in [5, 5.41) is 1.13. The van der Waals surface area contributed by atoms with E-state index in [1.807, 2.05) is 6.92 Å². The predicted octanol–water partition coefficient (Wildman–Crippen LogP) is 0.939. The van der Waals surface area contributed by atoms with Gasteiger partial charge in [-0.05, 0) is 42.7 Å². The Kier molecular flexibility index (Phi) is 1.45. The number of fused-ring (bicyclic) bond motifs is 2. The predicted molar refractivity (Wildman–Crippen MR) is 58.7 cm³/mol.